The lowest BCUT2D eigenvalue weighted by Gasteiger charge is -2.10. The molecule has 3 nitrogen and oxygen atoms in total. The van der Waals surface area contributed by atoms with Crippen LogP contribution in [0.25, 0.3) is 0 Å². The van der Waals surface area contributed by atoms with Crippen molar-refractivity contribution >= 4 is 23.3 Å². The van der Waals surface area contributed by atoms with Gasteiger partial charge >= 0.3 is 5.97 Å². The molecule has 0 aliphatic carbocycles. The van der Waals surface area contributed by atoms with Gasteiger partial charge in [0.15, 0.2) is 5.82 Å². The van der Waals surface area contributed by atoms with Crippen LogP contribution < -0.4 is 5.32 Å². The largest absolute Gasteiger partial charge is 0.481 e. The van der Waals surface area contributed by atoms with Gasteiger partial charge in [-0.1, -0.05) is 35.9 Å². The van der Waals surface area contributed by atoms with E-state index in [1.54, 1.807) is 24.3 Å². The molecule has 0 saturated heterocycles. The summed E-state index contributed by atoms with van der Waals surface area (Å²) in [4.78, 5) is 10.6. The van der Waals surface area contributed by atoms with E-state index in [-0.39, 0.29) is 23.7 Å². The van der Waals surface area contributed by atoms with Crippen molar-refractivity contribution in [3.05, 3.63) is 64.2 Å². The Balaban J connectivity index is 2.05. The molecule has 0 amide bonds. The number of carbonyl (C=O) groups is 1. The van der Waals surface area contributed by atoms with Gasteiger partial charge in [-0.15, -0.1) is 0 Å². The first kappa shape index (κ1) is 15.3. The summed E-state index contributed by atoms with van der Waals surface area (Å²) in [6.07, 6.45) is -0.0495. The average molecular weight is 312 g/mol. The van der Waals surface area contributed by atoms with Crippen LogP contribution in [0.4, 0.5) is 14.5 Å². The van der Waals surface area contributed by atoms with Gasteiger partial charge in [0, 0.05) is 12.6 Å². The third-order valence-corrected chi connectivity index (χ3v) is 3.15. The zero-order valence-electron chi connectivity index (χ0n) is 10.9. The zero-order chi connectivity index (χ0) is 15.4. The van der Waals surface area contributed by atoms with E-state index < -0.39 is 17.6 Å². The molecule has 2 aromatic carbocycles. The third-order valence-electron chi connectivity index (χ3n) is 2.85. The van der Waals surface area contributed by atoms with Crippen LogP contribution >= 0.6 is 11.6 Å². The van der Waals surface area contributed by atoms with E-state index in [0.717, 1.165) is 17.7 Å². The lowest BCUT2D eigenvalue weighted by Crippen LogP contribution is -2.04. The van der Waals surface area contributed by atoms with Crippen LogP contribution in [0.1, 0.15) is 11.1 Å². The molecule has 0 fully saturated rings. The smallest absolute Gasteiger partial charge is 0.307 e. The minimum absolute atomic E-state index is 0.0324. The van der Waals surface area contributed by atoms with Crippen molar-refractivity contribution in [1.82, 2.24) is 0 Å². The van der Waals surface area contributed by atoms with Gasteiger partial charge in [-0.3, -0.25) is 4.79 Å². The molecular formula is C15H12ClF2NO2. The van der Waals surface area contributed by atoms with Gasteiger partial charge in [-0.25, -0.2) is 8.78 Å². The maximum atomic E-state index is 13.6. The Morgan fingerprint density at radius 1 is 1.14 bits per heavy atom. The van der Waals surface area contributed by atoms with Gasteiger partial charge in [0.05, 0.1) is 17.1 Å². The summed E-state index contributed by atoms with van der Waals surface area (Å²) in [5.74, 6) is -2.40. The molecule has 0 saturated carbocycles. The number of halogens is 3. The van der Waals surface area contributed by atoms with Crippen molar-refractivity contribution in [2.24, 2.45) is 0 Å². The molecule has 21 heavy (non-hydrogen) atoms. The summed E-state index contributed by atoms with van der Waals surface area (Å²) < 4.78 is 26.5. The third kappa shape index (κ3) is 4.16. The first-order valence-electron chi connectivity index (χ1n) is 6.13. The molecule has 2 N–H and O–H groups in total. The Labute approximate surface area is 125 Å². The molecule has 0 unspecified atom stereocenters. The zero-order valence-corrected chi connectivity index (χ0v) is 11.6. The van der Waals surface area contributed by atoms with Crippen LogP contribution in [0.5, 0.6) is 0 Å². The highest BCUT2D eigenvalue weighted by Gasteiger charge is 2.09. The van der Waals surface area contributed by atoms with Crippen molar-refractivity contribution < 1.29 is 18.7 Å². The summed E-state index contributed by atoms with van der Waals surface area (Å²) in [6, 6.07) is 8.63. The number of nitrogens with one attached hydrogen (secondary N) is 1. The fourth-order valence-electron chi connectivity index (χ4n) is 1.85. The maximum Gasteiger partial charge on any atom is 0.307 e. The fraction of sp³-hybridized carbons (Fsp3) is 0.133. The Hall–Kier alpha value is -2.14. The second-order valence-electron chi connectivity index (χ2n) is 4.49. The van der Waals surface area contributed by atoms with Crippen molar-refractivity contribution in [3.8, 4) is 0 Å². The van der Waals surface area contributed by atoms with Crippen molar-refractivity contribution in [3.63, 3.8) is 0 Å². The minimum Gasteiger partial charge on any atom is -0.481 e. The highest BCUT2D eigenvalue weighted by atomic mass is 35.5. The predicted octanol–water partition coefficient (Wildman–Crippen LogP) is 3.86. The van der Waals surface area contributed by atoms with E-state index in [0.29, 0.717) is 5.56 Å². The number of aliphatic carboxylic acids is 1. The van der Waals surface area contributed by atoms with E-state index in [1.807, 2.05) is 0 Å². The molecule has 0 bridgehead atoms. The summed E-state index contributed by atoms with van der Waals surface area (Å²) in [6.45, 7) is 0.287. The van der Waals surface area contributed by atoms with Crippen molar-refractivity contribution in [1.29, 1.82) is 0 Å². The van der Waals surface area contributed by atoms with E-state index in [1.165, 1.54) is 0 Å². The summed E-state index contributed by atoms with van der Waals surface area (Å²) in [5, 5.41) is 11.4. The number of carboxylic acids is 1. The van der Waals surface area contributed by atoms with Crippen LogP contribution in [-0.4, -0.2) is 11.1 Å². The van der Waals surface area contributed by atoms with Gasteiger partial charge in [-0.2, -0.15) is 0 Å². The highest BCUT2D eigenvalue weighted by molar-refractivity contribution is 6.33. The molecule has 110 valence electrons. The normalized spacial score (nSPS) is 10.4. The molecule has 6 heteroatoms. The van der Waals surface area contributed by atoms with E-state index >= 15 is 0 Å². The lowest BCUT2D eigenvalue weighted by atomic mass is 10.1. The Bertz CT molecular complexity index is 636. The first-order valence-corrected chi connectivity index (χ1v) is 6.51. The molecule has 2 rings (SSSR count). The first-order chi connectivity index (χ1) is 9.95. The monoisotopic (exact) mass is 311 g/mol. The molecule has 0 spiro atoms. The molecule has 0 atom stereocenters. The summed E-state index contributed by atoms with van der Waals surface area (Å²) >= 11 is 5.78. The molecule has 0 radical (unpaired) electrons. The van der Waals surface area contributed by atoms with E-state index in [2.05, 4.69) is 5.32 Å². The Kier molecular flexibility index (Phi) is 4.75. The van der Waals surface area contributed by atoms with Gasteiger partial charge in [0.25, 0.3) is 0 Å². The SMILES string of the molecule is O=C(O)Cc1ccc(CNc2c(F)cc(F)cc2Cl)cc1. The van der Waals surface area contributed by atoms with Crippen LogP contribution in [0, 0.1) is 11.6 Å². The number of hydrogen-bond acceptors (Lipinski definition) is 2. The van der Waals surface area contributed by atoms with Crippen LogP contribution in [-0.2, 0) is 17.8 Å². The number of benzene rings is 2. The van der Waals surface area contributed by atoms with Gasteiger partial charge in [0.1, 0.15) is 5.82 Å². The Morgan fingerprint density at radius 3 is 2.33 bits per heavy atom. The molecular weight excluding hydrogens is 300 g/mol. The summed E-state index contributed by atoms with van der Waals surface area (Å²) in [5.41, 5.74) is 1.54. The number of hydrogen-bond donors (Lipinski definition) is 2. The minimum atomic E-state index is -0.902. The van der Waals surface area contributed by atoms with E-state index in [4.69, 9.17) is 16.7 Å². The maximum absolute atomic E-state index is 13.6. The second-order valence-corrected chi connectivity index (χ2v) is 4.89. The van der Waals surface area contributed by atoms with Crippen LogP contribution in [0.15, 0.2) is 36.4 Å². The van der Waals surface area contributed by atoms with Crippen LogP contribution in [0.3, 0.4) is 0 Å². The molecule has 0 heterocycles. The van der Waals surface area contributed by atoms with Gasteiger partial charge < -0.3 is 10.4 Å². The molecule has 0 aliphatic rings. The topological polar surface area (TPSA) is 49.3 Å². The van der Waals surface area contributed by atoms with Crippen LogP contribution in [0.2, 0.25) is 5.02 Å². The number of carboxylic acid groups (broad SMARTS) is 1. The standard InChI is InChI=1S/C15H12ClF2NO2/c16-12-6-11(17)7-13(18)15(12)19-8-10-3-1-9(2-4-10)5-14(20)21/h1-4,6-7,19H,5,8H2,(H,20,21). The number of anilines is 1. The summed E-state index contributed by atoms with van der Waals surface area (Å²) in [7, 11) is 0. The molecule has 0 aliphatic heterocycles. The van der Waals surface area contributed by atoms with Crippen molar-refractivity contribution in [2.75, 3.05) is 5.32 Å². The number of rotatable bonds is 5. The Morgan fingerprint density at radius 2 is 1.76 bits per heavy atom. The highest BCUT2D eigenvalue weighted by Crippen LogP contribution is 2.26. The molecule has 0 aromatic heterocycles. The van der Waals surface area contributed by atoms with E-state index in [9.17, 15) is 13.6 Å². The van der Waals surface area contributed by atoms with Gasteiger partial charge in [-0.05, 0) is 17.2 Å². The predicted molar refractivity (Wildman–Crippen MR) is 76.5 cm³/mol. The quantitative estimate of drug-likeness (QED) is 0.881. The fourth-order valence-corrected chi connectivity index (χ4v) is 2.11. The van der Waals surface area contributed by atoms with Crippen molar-refractivity contribution in [2.45, 2.75) is 13.0 Å². The molecule has 2 aromatic rings. The lowest BCUT2D eigenvalue weighted by molar-refractivity contribution is -0.136. The average Bonchev–Trinajstić information content (AvgIpc) is 2.38. The second kappa shape index (κ2) is 6.54. The van der Waals surface area contributed by atoms with Gasteiger partial charge in [0.2, 0.25) is 0 Å².